The molecule has 288 valence electrons. The van der Waals surface area contributed by atoms with E-state index in [1.807, 2.05) is 53.2 Å². The summed E-state index contributed by atoms with van der Waals surface area (Å²) in [5.74, 6) is -1.49. The number of hydrogen-bond donors (Lipinski definition) is 5. The van der Waals surface area contributed by atoms with Crippen LogP contribution in [-0.2, 0) is 28.2 Å². The predicted octanol–water partition coefficient (Wildman–Crippen LogP) is 5.68. The first-order chi connectivity index (χ1) is 25.1. The molecule has 6 aromatic rings. The van der Waals surface area contributed by atoms with Crippen LogP contribution < -0.4 is 16.6 Å². The van der Waals surface area contributed by atoms with Crippen molar-refractivity contribution < 1.29 is 38.7 Å². The molecule has 7 rings (SSSR count). The number of benzene rings is 2. The van der Waals surface area contributed by atoms with Crippen molar-refractivity contribution >= 4 is 50.6 Å². The molecular weight excluding hydrogens is 743 g/mol. The van der Waals surface area contributed by atoms with E-state index in [2.05, 4.69) is 22.2 Å². The summed E-state index contributed by atoms with van der Waals surface area (Å²) < 4.78 is 13.8. The number of aliphatic carboxylic acids is 1. The number of aromatic nitrogens is 2. The Balaban J connectivity index is 0.00000280. The van der Waals surface area contributed by atoms with Crippen LogP contribution in [-0.4, -0.2) is 68.0 Å². The first-order valence-corrected chi connectivity index (χ1v) is 19.0. The maximum atomic E-state index is 12.9. The van der Waals surface area contributed by atoms with Gasteiger partial charge in [-0.2, -0.15) is 0 Å². The number of nitrogens with zero attached hydrogens (tertiary/aromatic N) is 2. The lowest BCUT2D eigenvalue weighted by Crippen LogP contribution is -2.45. The molecule has 0 bridgehead atoms. The molecular formula is C38H42F2N4O8S2. The van der Waals surface area contributed by atoms with E-state index < -0.39 is 23.4 Å². The van der Waals surface area contributed by atoms with Gasteiger partial charge in [-0.3, -0.25) is 18.8 Å². The molecule has 5 N–H and O–H groups in total. The largest absolute Gasteiger partial charge is 0.506 e. The minimum Gasteiger partial charge on any atom is -0.506 e. The summed E-state index contributed by atoms with van der Waals surface area (Å²) in [6, 6.07) is 19.3. The molecule has 1 saturated carbocycles. The summed E-state index contributed by atoms with van der Waals surface area (Å²) in [6.45, 7) is 1.71. The van der Waals surface area contributed by atoms with Crippen LogP contribution in [0.2, 0.25) is 0 Å². The average Bonchev–Trinajstić information content (AvgIpc) is 3.93. The maximum absolute atomic E-state index is 12.9. The van der Waals surface area contributed by atoms with Crippen molar-refractivity contribution in [2.75, 3.05) is 20.1 Å². The van der Waals surface area contributed by atoms with E-state index in [4.69, 9.17) is 9.15 Å². The molecule has 4 aromatic heterocycles. The molecule has 0 radical (unpaired) electrons. The fourth-order valence-corrected chi connectivity index (χ4v) is 9.00. The zero-order chi connectivity index (χ0) is 36.4. The van der Waals surface area contributed by atoms with Gasteiger partial charge in [0.2, 0.25) is 11.2 Å². The van der Waals surface area contributed by atoms with E-state index in [0.717, 1.165) is 31.2 Å². The number of aromatic hydroxyl groups is 1. The fourth-order valence-electron chi connectivity index (χ4n) is 7.20. The third-order valence-electron chi connectivity index (χ3n) is 9.99. The minimum absolute atomic E-state index is 0. The molecule has 0 spiro atoms. The van der Waals surface area contributed by atoms with Crippen molar-refractivity contribution in [1.82, 2.24) is 19.8 Å². The first-order valence-electron chi connectivity index (χ1n) is 17.2. The highest BCUT2D eigenvalue weighted by molar-refractivity contribution is 7.12. The number of hydrogen-bond acceptors (Lipinski definition) is 11. The summed E-state index contributed by atoms with van der Waals surface area (Å²) in [5.41, 5.74) is 1.06. The molecule has 1 aliphatic carbocycles. The zero-order valence-corrected chi connectivity index (χ0v) is 30.9. The van der Waals surface area contributed by atoms with E-state index in [0.29, 0.717) is 51.4 Å². The quantitative estimate of drug-likeness (QED) is 0.0927. The van der Waals surface area contributed by atoms with Crippen LogP contribution in [0.1, 0.15) is 52.7 Å². The Bertz CT molecular complexity index is 2250. The van der Waals surface area contributed by atoms with Crippen LogP contribution in [0.4, 0.5) is 9.41 Å². The summed E-state index contributed by atoms with van der Waals surface area (Å²) >= 11 is 2.79. The normalized spacial score (nSPS) is 16.6. The standard InChI is InChI=1S/C38H40N4O8S2.2FH/c1-41(24-7-9-25(10-8-24)50-38(36(46)47,32-4-2-18-51-32)33-5-3-19-52-33)16-17-42-28-13-6-23(20-31(28)49-37(42)48)21-39-22-30(44)26-11-14-29(43)35-27(26)12-15-34(45)40-35;;/h2-6,11-15,18-20,24-25,30,39,43-44H,7-10,16-17,21-22H2,1H3,(H,40,45)(H,46,47);2*1H/t24?,25?,30-;;/m0../s1. The first kappa shape index (κ1) is 40.5. The maximum Gasteiger partial charge on any atom is 0.419 e. The van der Waals surface area contributed by atoms with E-state index in [-0.39, 0.29) is 44.9 Å². The van der Waals surface area contributed by atoms with Crippen molar-refractivity contribution in [2.45, 2.75) is 62.6 Å². The van der Waals surface area contributed by atoms with Crippen LogP contribution in [0, 0.1) is 0 Å². The number of phenolic OH excluding ortho intramolecular Hbond substituents is 1. The number of nitrogens with one attached hydrogen (secondary N) is 2. The number of aromatic amines is 1. The van der Waals surface area contributed by atoms with E-state index >= 15 is 0 Å². The number of ether oxygens (including phenoxy) is 1. The smallest absolute Gasteiger partial charge is 0.419 e. The van der Waals surface area contributed by atoms with Crippen molar-refractivity contribution in [3.63, 3.8) is 0 Å². The van der Waals surface area contributed by atoms with Gasteiger partial charge >= 0.3 is 11.7 Å². The number of thiophene rings is 2. The molecule has 16 heteroatoms. The number of aliphatic hydroxyl groups excluding tert-OH is 1. The molecule has 1 aliphatic rings. The average molecular weight is 785 g/mol. The number of oxazole rings is 1. The van der Waals surface area contributed by atoms with Gasteiger partial charge in [0.05, 0.1) is 33.0 Å². The van der Waals surface area contributed by atoms with Crippen LogP contribution in [0.25, 0.3) is 22.0 Å². The van der Waals surface area contributed by atoms with Crippen LogP contribution >= 0.6 is 22.7 Å². The molecule has 0 amide bonds. The lowest BCUT2D eigenvalue weighted by molar-refractivity contribution is -0.170. The Labute approximate surface area is 316 Å². The van der Waals surface area contributed by atoms with Crippen LogP contribution in [0.3, 0.4) is 0 Å². The molecule has 0 saturated heterocycles. The van der Waals surface area contributed by atoms with Crippen LogP contribution in [0.5, 0.6) is 5.75 Å². The minimum atomic E-state index is -1.51. The number of likely N-dealkylation sites (N-methyl/N-ethyl adjacent to an activating group) is 1. The van der Waals surface area contributed by atoms with Gasteiger partial charge in [-0.15, -0.1) is 22.7 Å². The second-order valence-corrected chi connectivity index (χ2v) is 15.1. The second kappa shape index (κ2) is 17.2. The summed E-state index contributed by atoms with van der Waals surface area (Å²) in [4.78, 5) is 43.6. The molecule has 4 heterocycles. The number of carbonyl (C=O) groups is 1. The molecule has 1 fully saturated rings. The van der Waals surface area contributed by atoms with Crippen LogP contribution in [0.15, 0.2) is 91.5 Å². The molecule has 2 aromatic carbocycles. The highest BCUT2D eigenvalue weighted by atomic mass is 32.1. The third kappa shape index (κ3) is 8.04. The van der Waals surface area contributed by atoms with Gasteiger partial charge in [-0.25, -0.2) is 9.59 Å². The highest BCUT2D eigenvalue weighted by Gasteiger charge is 2.48. The fraction of sp³-hybridized carbons (Fsp3) is 0.342. The lowest BCUT2D eigenvalue weighted by Gasteiger charge is -2.38. The number of halogens is 2. The van der Waals surface area contributed by atoms with Gasteiger partial charge in [0.25, 0.3) is 0 Å². The number of rotatable bonds is 14. The summed E-state index contributed by atoms with van der Waals surface area (Å²) in [6.07, 6.45) is 2.07. The van der Waals surface area contributed by atoms with Gasteiger partial charge in [0.1, 0.15) is 5.75 Å². The zero-order valence-electron chi connectivity index (χ0n) is 29.3. The highest BCUT2D eigenvalue weighted by Crippen LogP contribution is 2.42. The molecule has 0 aliphatic heterocycles. The van der Waals surface area contributed by atoms with Gasteiger partial charge in [-0.1, -0.05) is 24.3 Å². The van der Waals surface area contributed by atoms with Crippen molar-refractivity contribution in [3.8, 4) is 5.75 Å². The number of carboxylic acids is 1. The molecule has 12 nitrogen and oxygen atoms in total. The number of carboxylic acid groups (broad SMARTS) is 1. The second-order valence-electron chi connectivity index (χ2n) is 13.2. The van der Waals surface area contributed by atoms with Crippen molar-refractivity contribution in [2.24, 2.45) is 0 Å². The van der Waals surface area contributed by atoms with Crippen molar-refractivity contribution in [1.29, 1.82) is 0 Å². The number of pyridine rings is 1. The molecule has 54 heavy (non-hydrogen) atoms. The molecule has 0 unspecified atom stereocenters. The topological polar surface area (TPSA) is 170 Å². The SMILES string of the molecule is CN(CCn1c(=O)oc2cc(CNC[C@H](O)c3ccc(O)c4[nH]c(=O)ccc34)ccc21)C1CCC(OC(C(=O)O)(c2cccs2)c2cccs2)CC1.F.F. The van der Waals surface area contributed by atoms with Gasteiger partial charge in [-0.05, 0) is 91.0 Å². The monoisotopic (exact) mass is 784 g/mol. The van der Waals surface area contributed by atoms with E-state index in [9.17, 15) is 29.7 Å². The third-order valence-corrected chi connectivity index (χ3v) is 11.9. The summed E-state index contributed by atoms with van der Waals surface area (Å²) in [7, 11) is 2.05. The van der Waals surface area contributed by atoms with Gasteiger partial charge in [0.15, 0.2) is 5.58 Å². The lowest BCUT2D eigenvalue weighted by atomic mass is 9.90. The summed E-state index contributed by atoms with van der Waals surface area (Å²) in [5, 5.41) is 39.0. The Morgan fingerprint density at radius 1 is 1.04 bits per heavy atom. The van der Waals surface area contributed by atoms with E-state index in [1.54, 1.807) is 16.7 Å². The number of aliphatic hydroxyl groups is 1. The van der Waals surface area contributed by atoms with Gasteiger partial charge < -0.3 is 39.7 Å². The molecule has 1 atom stereocenters. The Hall–Kier alpha value is -4.71. The van der Waals surface area contributed by atoms with Gasteiger partial charge in [0, 0.05) is 43.7 Å². The Kier molecular flexibility index (Phi) is 12.9. The van der Waals surface area contributed by atoms with E-state index in [1.165, 1.54) is 34.8 Å². The Morgan fingerprint density at radius 2 is 1.74 bits per heavy atom. The number of fused-ring (bicyclic) bond motifs is 2. The predicted molar refractivity (Wildman–Crippen MR) is 205 cm³/mol. The van der Waals surface area contributed by atoms with Crippen molar-refractivity contribution in [3.05, 3.63) is 119 Å². The Morgan fingerprint density at radius 3 is 2.39 bits per heavy atom. The number of phenols is 1. The number of H-pyrrole nitrogens is 1.